The SMILES string of the molecule is Clc1ccc(COCc2ccccc2Cn2ccnc2)cc1. The van der Waals surface area contributed by atoms with Gasteiger partial charge in [0.1, 0.15) is 0 Å². The molecule has 0 aliphatic rings. The molecule has 0 unspecified atom stereocenters. The van der Waals surface area contributed by atoms with Gasteiger partial charge < -0.3 is 9.30 Å². The van der Waals surface area contributed by atoms with Crippen LogP contribution < -0.4 is 0 Å². The van der Waals surface area contributed by atoms with Crippen LogP contribution in [0.5, 0.6) is 0 Å². The molecule has 0 bridgehead atoms. The zero-order valence-corrected chi connectivity index (χ0v) is 12.9. The average molecular weight is 313 g/mol. The highest BCUT2D eigenvalue weighted by Gasteiger charge is 2.03. The molecule has 4 heteroatoms. The first-order chi connectivity index (χ1) is 10.8. The number of hydrogen-bond acceptors (Lipinski definition) is 2. The molecule has 2 aromatic carbocycles. The third-order valence-corrected chi connectivity index (χ3v) is 3.72. The van der Waals surface area contributed by atoms with E-state index in [9.17, 15) is 0 Å². The van der Waals surface area contributed by atoms with E-state index in [0.29, 0.717) is 13.2 Å². The van der Waals surface area contributed by atoms with Crippen LogP contribution in [-0.4, -0.2) is 9.55 Å². The molecular weight excluding hydrogens is 296 g/mol. The van der Waals surface area contributed by atoms with Crippen LogP contribution in [0.15, 0.2) is 67.3 Å². The van der Waals surface area contributed by atoms with Gasteiger partial charge in [0.05, 0.1) is 19.5 Å². The van der Waals surface area contributed by atoms with Crippen LogP contribution in [-0.2, 0) is 24.5 Å². The van der Waals surface area contributed by atoms with E-state index in [1.165, 1.54) is 11.1 Å². The molecule has 0 N–H and O–H groups in total. The predicted octanol–water partition coefficient (Wildman–Crippen LogP) is 4.30. The number of aromatic nitrogens is 2. The second-order valence-corrected chi connectivity index (χ2v) is 5.56. The van der Waals surface area contributed by atoms with Crippen LogP contribution >= 0.6 is 11.6 Å². The maximum Gasteiger partial charge on any atom is 0.0949 e. The van der Waals surface area contributed by atoms with Crippen molar-refractivity contribution in [2.45, 2.75) is 19.8 Å². The Kier molecular flexibility index (Phi) is 4.88. The van der Waals surface area contributed by atoms with Crippen molar-refractivity contribution < 1.29 is 4.74 Å². The molecule has 3 aromatic rings. The second kappa shape index (κ2) is 7.25. The maximum atomic E-state index is 5.88. The normalized spacial score (nSPS) is 10.8. The number of benzene rings is 2. The maximum absolute atomic E-state index is 5.88. The van der Waals surface area contributed by atoms with Crippen molar-refractivity contribution in [1.82, 2.24) is 9.55 Å². The van der Waals surface area contributed by atoms with E-state index in [1.54, 1.807) is 6.20 Å². The highest BCUT2D eigenvalue weighted by Crippen LogP contribution is 2.14. The Morgan fingerprint density at radius 2 is 1.73 bits per heavy atom. The minimum Gasteiger partial charge on any atom is -0.372 e. The lowest BCUT2D eigenvalue weighted by atomic mass is 10.1. The lowest BCUT2D eigenvalue weighted by Crippen LogP contribution is -2.03. The summed E-state index contributed by atoms with van der Waals surface area (Å²) >= 11 is 5.88. The van der Waals surface area contributed by atoms with Gasteiger partial charge in [-0.2, -0.15) is 0 Å². The van der Waals surface area contributed by atoms with Crippen molar-refractivity contribution in [2.24, 2.45) is 0 Å². The number of halogens is 1. The summed E-state index contributed by atoms with van der Waals surface area (Å²) in [7, 11) is 0. The van der Waals surface area contributed by atoms with E-state index in [2.05, 4.69) is 27.8 Å². The molecule has 0 aliphatic carbocycles. The Hall–Kier alpha value is -2.10. The molecule has 3 rings (SSSR count). The van der Waals surface area contributed by atoms with Gasteiger partial charge in [-0.1, -0.05) is 48.0 Å². The van der Waals surface area contributed by atoms with E-state index in [-0.39, 0.29) is 0 Å². The molecule has 0 aliphatic heterocycles. The summed E-state index contributed by atoms with van der Waals surface area (Å²) < 4.78 is 7.89. The molecule has 0 amide bonds. The zero-order valence-electron chi connectivity index (χ0n) is 12.2. The quantitative estimate of drug-likeness (QED) is 0.678. The molecule has 0 radical (unpaired) electrons. The van der Waals surface area contributed by atoms with Gasteiger partial charge >= 0.3 is 0 Å². The van der Waals surface area contributed by atoms with Crippen molar-refractivity contribution in [3.8, 4) is 0 Å². The van der Waals surface area contributed by atoms with E-state index < -0.39 is 0 Å². The topological polar surface area (TPSA) is 27.1 Å². The van der Waals surface area contributed by atoms with Gasteiger partial charge in [0, 0.05) is 24.0 Å². The van der Waals surface area contributed by atoms with Crippen LogP contribution in [0.2, 0.25) is 5.02 Å². The van der Waals surface area contributed by atoms with Gasteiger partial charge in [0.15, 0.2) is 0 Å². The Balaban J connectivity index is 1.61. The lowest BCUT2D eigenvalue weighted by molar-refractivity contribution is 0.106. The summed E-state index contributed by atoms with van der Waals surface area (Å²) in [5, 5.41) is 0.745. The van der Waals surface area contributed by atoms with Gasteiger partial charge in [0.25, 0.3) is 0 Å². The van der Waals surface area contributed by atoms with Crippen molar-refractivity contribution in [1.29, 1.82) is 0 Å². The first kappa shape index (κ1) is 14.8. The fourth-order valence-corrected chi connectivity index (χ4v) is 2.41. The third-order valence-electron chi connectivity index (χ3n) is 3.47. The van der Waals surface area contributed by atoms with E-state index in [4.69, 9.17) is 16.3 Å². The Labute approximate surface area is 135 Å². The third kappa shape index (κ3) is 3.97. The summed E-state index contributed by atoms with van der Waals surface area (Å²) in [5.74, 6) is 0. The van der Waals surface area contributed by atoms with Gasteiger partial charge in [-0.05, 0) is 28.8 Å². The smallest absolute Gasteiger partial charge is 0.0949 e. The summed E-state index contributed by atoms with van der Waals surface area (Å²) in [6, 6.07) is 16.1. The Morgan fingerprint density at radius 3 is 2.45 bits per heavy atom. The molecule has 1 aromatic heterocycles. The van der Waals surface area contributed by atoms with Crippen molar-refractivity contribution >= 4 is 11.6 Å². The van der Waals surface area contributed by atoms with Crippen LogP contribution in [0.4, 0.5) is 0 Å². The van der Waals surface area contributed by atoms with Crippen LogP contribution in [0.1, 0.15) is 16.7 Å². The van der Waals surface area contributed by atoms with Gasteiger partial charge in [0.2, 0.25) is 0 Å². The zero-order chi connectivity index (χ0) is 15.2. The number of ether oxygens (including phenoxy) is 1. The minimum atomic E-state index is 0.580. The fraction of sp³-hybridized carbons (Fsp3) is 0.167. The Bertz CT molecular complexity index is 708. The molecule has 0 atom stereocenters. The van der Waals surface area contributed by atoms with Crippen molar-refractivity contribution in [3.05, 3.63) is 89.0 Å². The summed E-state index contributed by atoms with van der Waals surface area (Å²) in [4.78, 5) is 4.08. The lowest BCUT2D eigenvalue weighted by Gasteiger charge is -2.11. The predicted molar refractivity (Wildman–Crippen MR) is 87.7 cm³/mol. The molecule has 0 fully saturated rings. The number of imidazole rings is 1. The highest BCUT2D eigenvalue weighted by molar-refractivity contribution is 6.30. The van der Waals surface area contributed by atoms with E-state index in [1.807, 2.05) is 42.9 Å². The fourth-order valence-electron chi connectivity index (χ4n) is 2.29. The molecule has 22 heavy (non-hydrogen) atoms. The summed E-state index contributed by atoms with van der Waals surface area (Å²) in [6.45, 7) is 1.98. The molecule has 0 saturated heterocycles. The molecule has 0 saturated carbocycles. The van der Waals surface area contributed by atoms with E-state index in [0.717, 1.165) is 17.1 Å². The highest BCUT2D eigenvalue weighted by atomic mass is 35.5. The van der Waals surface area contributed by atoms with Crippen LogP contribution in [0.25, 0.3) is 0 Å². The van der Waals surface area contributed by atoms with Crippen LogP contribution in [0, 0.1) is 0 Å². The first-order valence-electron chi connectivity index (χ1n) is 7.16. The van der Waals surface area contributed by atoms with E-state index >= 15 is 0 Å². The number of hydrogen-bond donors (Lipinski definition) is 0. The average Bonchev–Trinajstić information content (AvgIpc) is 3.04. The summed E-state index contributed by atoms with van der Waals surface area (Å²) in [5.41, 5.74) is 3.57. The van der Waals surface area contributed by atoms with Crippen molar-refractivity contribution in [2.75, 3.05) is 0 Å². The number of nitrogens with zero attached hydrogens (tertiary/aromatic N) is 2. The standard InChI is InChI=1S/C18H17ClN2O/c19-18-7-5-15(6-8-18)12-22-13-17-4-2-1-3-16(17)11-21-10-9-20-14-21/h1-10,14H,11-13H2. The second-order valence-electron chi connectivity index (χ2n) is 5.12. The largest absolute Gasteiger partial charge is 0.372 e. The molecule has 1 heterocycles. The van der Waals surface area contributed by atoms with Crippen LogP contribution in [0.3, 0.4) is 0 Å². The molecular formula is C18H17ClN2O. The minimum absolute atomic E-state index is 0.580. The monoisotopic (exact) mass is 312 g/mol. The molecule has 0 spiro atoms. The number of rotatable bonds is 6. The molecule has 112 valence electrons. The molecule has 3 nitrogen and oxygen atoms in total. The first-order valence-corrected chi connectivity index (χ1v) is 7.54. The van der Waals surface area contributed by atoms with Crippen molar-refractivity contribution in [3.63, 3.8) is 0 Å². The van der Waals surface area contributed by atoms with Gasteiger partial charge in [-0.15, -0.1) is 0 Å². The Morgan fingerprint density at radius 1 is 0.955 bits per heavy atom. The van der Waals surface area contributed by atoms with Gasteiger partial charge in [-0.3, -0.25) is 0 Å². The summed E-state index contributed by atoms with van der Waals surface area (Å²) in [6.07, 6.45) is 5.58. The van der Waals surface area contributed by atoms with Gasteiger partial charge in [-0.25, -0.2) is 4.98 Å².